The number of rotatable bonds is 14. The Morgan fingerprint density at radius 2 is 1.55 bits per heavy atom. The molecule has 8 nitrogen and oxygen atoms in total. The lowest BCUT2D eigenvalue weighted by Gasteiger charge is -2.14. The lowest BCUT2D eigenvalue weighted by Crippen LogP contribution is -2.32. The lowest BCUT2D eigenvalue weighted by atomic mass is 10.4. The molecule has 0 bridgehead atoms. The molecule has 0 N–H and O–H groups in total. The van der Waals surface area contributed by atoms with E-state index in [2.05, 4.69) is 4.74 Å². The van der Waals surface area contributed by atoms with Crippen molar-refractivity contribution in [1.29, 1.82) is 0 Å². The predicted octanol–water partition coefficient (Wildman–Crippen LogP) is -0.603. The van der Waals surface area contributed by atoms with Crippen molar-refractivity contribution in [3.63, 3.8) is 0 Å². The Kier molecular flexibility index (Phi) is 13.3. The van der Waals surface area contributed by atoms with E-state index in [1.807, 2.05) is 0 Å². The van der Waals surface area contributed by atoms with Crippen molar-refractivity contribution in [2.45, 2.75) is 6.10 Å². The van der Waals surface area contributed by atoms with Crippen molar-refractivity contribution >= 4 is 12.4 Å². The van der Waals surface area contributed by atoms with Crippen LogP contribution >= 0.6 is 0 Å². The van der Waals surface area contributed by atoms with Gasteiger partial charge in [-0.25, -0.2) is 4.79 Å². The zero-order valence-corrected chi connectivity index (χ0v) is 11.9. The molecule has 0 saturated heterocycles. The monoisotopic (exact) mass is 294 g/mol. The summed E-state index contributed by atoms with van der Waals surface area (Å²) in [7, 11) is 3.09. The van der Waals surface area contributed by atoms with Crippen molar-refractivity contribution in [3.8, 4) is 0 Å². The Bertz CT molecular complexity index is 246. The molecule has 0 radical (unpaired) electrons. The topological polar surface area (TPSA) is 89.5 Å². The summed E-state index contributed by atoms with van der Waals surface area (Å²) in [5, 5.41) is 0. The van der Waals surface area contributed by atoms with Gasteiger partial charge in [0.15, 0.2) is 0 Å². The first-order valence-electron chi connectivity index (χ1n) is 6.15. The van der Waals surface area contributed by atoms with Crippen molar-refractivity contribution in [3.05, 3.63) is 0 Å². The third-order valence-corrected chi connectivity index (χ3v) is 2.09. The molecular formula is C12H22O8. The van der Waals surface area contributed by atoms with Crippen LogP contribution in [0, 0.1) is 0 Å². The smallest absolute Gasteiger partial charge is 0.349 e. The van der Waals surface area contributed by atoms with Crippen molar-refractivity contribution in [1.82, 2.24) is 0 Å². The van der Waals surface area contributed by atoms with Crippen LogP contribution in [0.5, 0.6) is 0 Å². The van der Waals surface area contributed by atoms with Gasteiger partial charge in [-0.2, -0.15) is 0 Å². The van der Waals surface area contributed by atoms with Gasteiger partial charge >= 0.3 is 5.97 Å². The Morgan fingerprint density at radius 3 is 2.15 bits per heavy atom. The van der Waals surface area contributed by atoms with Gasteiger partial charge in [-0.3, -0.25) is 4.79 Å². The maximum atomic E-state index is 11.6. The predicted molar refractivity (Wildman–Crippen MR) is 67.3 cm³/mol. The minimum absolute atomic E-state index is 0.0688. The quantitative estimate of drug-likeness (QED) is 0.238. The third-order valence-electron chi connectivity index (χ3n) is 2.09. The second-order valence-corrected chi connectivity index (χ2v) is 3.56. The van der Waals surface area contributed by atoms with Gasteiger partial charge < -0.3 is 28.4 Å². The number of ether oxygens (including phenoxy) is 6. The van der Waals surface area contributed by atoms with E-state index in [4.69, 9.17) is 23.7 Å². The SMILES string of the molecule is COCCOCCOC(=O)C(COCCOC)OC=O. The summed E-state index contributed by atoms with van der Waals surface area (Å²) >= 11 is 0. The highest BCUT2D eigenvalue weighted by Crippen LogP contribution is 1.97. The second-order valence-electron chi connectivity index (χ2n) is 3.56. The number of esters is 1. The molecule has 0 aromatic heterocycles. The largest absolute Gasteiger partial charge is 0.460 e. The fraction of sp³-hybridized carbons (Fsp3) is 0.833. The van der Waals surface area contributed by atoms with Gasteiger partial charge in [0.05, 0.1) is 39.6 Å². The molecule has 0 aliphatic carbocycles. The lowest BCUT2D eigenvalue weighted by molar-refractivity contribution is -0.167. The molecule has 0 spiro atoms. The van der Waals surface area contributed by atoms with Crippen molar-refractivity contribution < 1.29 is 38.0 Å². The molecule has 1 unspecified atom stereocenters. The van der Waals surface area contributed by atoms with Gasteiger partial charge in [0.25, 0.3) is 6.47 Å². The van der Waals surface area contributed by atoms with Crippen molar-refractivity contribution in [2.75, 3.05) is 60.5 Å². The first kappa shape index (κ1) is 18.8. The Morgan fingerprint density at radius 1 is 0.950 bits per heavy atom. The maximum Gasteiger partial charge on any atom is 0.349 e. The summed E-state index contributed by atoms with van der Waals surface area (Å²) in [6.45, 7) is 1.98. The third kappa shape index (κ3) is 10.7. The van der Waals surface area contributed by atoms with Crippen LogP contribution in [0.3, 0.4) is 0 Å². The Hall–Kier alpha value is -1.22. The summed E-state index contributed by atoms with van der Waals surface area (Å²) in [6, 6.07) is 0. The molecular weight excluding hydrogens is 272 g/mol. The minimum atomic E-state index is -1.08. The number of carbonyl (C=O) groups excluding carboxylic acids is 2. The van der Waals surface area contributed by atoms with Crippen LogP contribution in [0.4, 0.5) is 0 Å². The van der Waals surface area contributed by atoms with Crippen LogP contribution < -0.4 is 0 Å². The standard InChI is InChI=1S/C12H22O8/c1-15-3-5-17-7-8-19-12(14)11(20-10-13)9-18-6-4-16-2/h10-11H,3-9H2,1-2H3. The molecule has 0 aromatic carbocycles. The maximum absolute atomic E-state index is 11.6. The Labute approximate surface area is 118 Å². The Balaban J connectivity index is 3.76. The van der Waals surface area contributed by atoms with Gasteiger partial charge in [-0.1, -0.05) is 0 Å². The van der Waals surface area contributed by atoms with E-state index in [1.54, 1.807) is 7.11 Å². The number of methoxy groups -OCH3 is 2. The first-order valence-corrected chi connectivity index (χ1v) is 6.15. The zero-order valence-electron chi connectivity index (χ0n) is 11.9. The van der Waals surface area contributed by atoms with Gasteiger partial charge in [0.1, 0.15) is 6.61 Å². The van der Waals surface area contributed by atoms with Crippen LogP contribution in [0.15, 0.2) is 0 Å². The average molecular weight is 294 g/mol. The van der Waals surface area contributed by atoms with E-state index in [0.717, 1.165) is 0 Å². The van der Waals surface area contributed by atoms with E-state index in [-0.39, 0.29) is 26.3 Å². The molecule has 0 saturated carbocycles. The van der Waals surface area contributed by atoms with Crippen LogP contribution in [-0.2, 0) is 38.0 Å². The molecule has 0 fully saturated rings. The van der Waals surface area contributed by atoms with E-state index in [1.165, 1.54) is 7.11 Å². The fourth-order valence-corrected chi connectivity index (χ4v) is 1.10. The summed E-state index contributed by atoms with van der Waals surface area (Å²) < 4.78 is 29.3. The van der Waals surface area contributed by atoms with Crippen LogP contribution in [0.1, 0.15) is 0 Å². The van der Waals surface area contributed by atoms with E-state index in [9.17, 15) is 9.59 Å². The van der Waals surface area contributed by atoms with Gasteiger partial charge in [0, 0.05) is 14.2 Å². The van der Waals surface area contributed by atoms with Gasteiger partial charge in [-0.15, -0.1) is 0 Å². The van der Waals surface area contributed by atoms with Crippen LogP contribution in [0.25, 0.3) is 0 Å². The van der Waals surface area contributed by atoms with Crippen molar-refractivity contribution in [2.24, 2.45) is 0 Å². The zero-order chi connectivity index (χ0) is 15.1. The first-order chi connectivity index (χ1) is 9.76. The molecule has 118 valence electrons. The molecule has 1 atom stereocenters. The van der Waals surface area contributed by atoms with Gasteiger partial charge in [-0.05, 0) is 0 Å². The van der Waals surface area contributed by atoms with E-state index in [0.29, 0.717) is 26.4 Å². The number of carbonyl (C=O) groups is 2. The molecule has 8 heteroatoms. The summed E-state index contributed by atoms with van der Waals surface area (Å²) in [6.07, 6.45) is -1.08. The molecule has 0 aromatic rings. The molecule has 0 heterocycles. The molecule has 0 aliphatic rings. The molecule has 0 rings (SSSR count). The summed E-state index contributed by atoms with van der Waals surface area (Å²) in [5.74, 6) is -0.676. The van der Waals surface area contributed by atoms with Gasteiger partial charge in [0.2, 0.25) is 6.10 Å². The average Bonchev–Trinajstić information content (AvgIpc) is 2.45. The molecule has 0 aliphatic heterocycles. The van der Waals surface area contributed by atoms with Crippen LogP contribution in [-0.4, -0.2) is 79.0 Å². The normalized spacial score (nSPS) is 11.9. The second kappa shape index (κ2) is 14.2. The van der Waals surface area contributed by atoms with E-state index >= 15 is 0 Å². The molecule has 20 heavy (non-hydrogen) atoms. The summed E-state index contributed by atoms with van der Waals surface area (Å²) in [4.78, 5) is 21.9. The van der Waals surface area contributed by atoms with Crippen LogP contribution in [0.2, 0.25) is 0 Å². The number of hydrogen-bond donors (Lipinski definition) is 0. The highest BCUT2D eigenvalue weighted by atomic mass is 16.6. The molecule has 0 amide bonds. The highest BCUT2D eigenvalue weighted by Gasteiger charge is 2.21. The summed E-state index contributed by atoms with van der Waals surface area (Å²) in [5.41, 5.74) is 0. The van der Waals surface area contributed by atoms with E-state index < -0.39 is 12.1 Å². The highest BCUT2D eigenvalue weighted by molar-refractivity contribution is 5.76. The minimum Gasteiger partial charge on any atom is -0.460 e. The fourth-order valence-electron chi connectivity index (χ4n) is 1.10. The number of hydrogen-bond acceptors (Lipinski definition) is 8.